The molecule has 1 aliphatic heterocycles. The molecule has 0 radical (unpaired) electrons. The van der Waals surface area contributed by atoms with E-state index < -0.39 is 6.10 Å². The topological polar surface area (TPSA) is 142 Å². The van der Waals surface area contributed by atoms with Crippen molar-refractivity contribution in [3.05, 3.63) is 77.0 Å². The number of nitriles is 1. The Morgan fingerprint density at radius 1 is 1.16 bits per heavy atom. The number of pyridine rings is 1. The van der Waals surface area contributed by atoms with Gasteiger partial charge in [0.25, 0.3) is 0 Å². The molecule has 11 nitrogen and oxygen atoms in total. The molecule has 11 heteroatoms. The number of rotatable bonds is 5. The third kappa shape index (κ3) is 4.08. The summed E-state index contributed by atoms with van der Waals surface area (Å²) in [4.78, 5) is 9.49. The van der Waals surface area contributed by atoms with Gasteiger partial charge in [-0.15, -0.1) is 5.10 Å². The summed E-state index contributed by atoms with van der Waals surface area (Å²) in [5, 5.41) is 39.5. The summed E-state index contributed by atoms with van der Waals surface area (Å²) < 4.78 is 3.60. The number of nitrogens with one attached hydrogen (secondary N) is 2. The molecule has 0 saturated carbocycles. The van der Waals surface area contributed by atoms with Crippen molar-refractivity contribution in [1.82, 2.24) is 39.8 Å². The maximum absolute atomic E-state index is 10.5. The van der Waals surface area contributed by atoms with E-state index in [0.29, 0.717) is 41.7 Å². The van der Waals surface area contributed by atoms with Crippen LogP contribution in [0.15, 0.2) is 48.8 Å². The van der Waals surface area contributed by atoms with E-state index in [1.165, 1.54) is 0 Å². The molecule has 5 heterocycles. The molecule has 4 aromatic heterocycles. The first kappa shape index (κ1) is 22.8. The van der Waals surface area contributed by atoms with Gasteiger partial charge in [-0.1, -0.05) is 0 Å². The SMILES string of the molecule is Cc1ccc(Nc2ccc3c(c2)ncn3-c2ccc(C(C)O)c(-n3nc(C#N)c4c3CCNC4)n2)nn1. The van der Waals surface area contributed by atoms with Crippen molar-refractivity contribution in [2.75, 3.05) is 11.9 Å². The van der Waals surface area contributed by atoms with Crippen LogP contribution >= 0.6 is 0 Å². The summed E-state index contributed by atoms with van der Waals surface area (Å²) in [5.41, 5.74) is 6.16. The Morgan fingerprint density at radius 2 is 2.05 bits per heavy atom. The first-order chi connectivity index (χ1) is 18.0. The molecular formula is C26H24N10O. The van der Waals surface area contributed by atoms with Crippen LogP contribution in [0.5, 0.6) is 0 Å². The molecule has 1 aliphatic rings. The normalized spacial score (nSPS) is 13.8. The minimum atomic E-state index is -0.762. The lowest BCUT2D eigenvalue weighted by molar-refractivity contribution is 0.198. The fourth-order valence-electron chi connectivity index (χ4n) is 4.58. The van der Waals surface area contributed by atoms with Crippen LogP contribution in [0.1, 0.15) is 41.2 Å². The number of imidazole rings is 1. The third-order valence-corrected chi connectivity index (χ3v) is 6.44. The maximum atomic E-state index is 10.5. The second kappa shape index (κ2) is 9.09. The van der Waals surface area contributed by atoms with Gasteiger partial charge in [-0.3, -0.25) is 4.57 Å². The van der Waals surface area contributed by atoms with E-state index in [4.69, 9.17) is 4.98 Å². The molecule has 37 heavy (non-hydrogen) atoms. The number of anilines is 2. The Balaban J connectivity index is 1.41. The molecule has 184 valence electrons. The van der Waals surface area contributed by atoms with Crippen LogP contribution in [0.25, 0.3) is 22.7 Å². The highest BCUT2D eigenvalue weighted by Crippen LogP contribution is 2.28. The smallest absolute Gasteiger partial charge is 0.167 e. The van der Waals surface area contributed by atoms with Gasteiger partial charge in [0.1, 0.15) is 18.2 Å². The van der Waals surface area contributed by atoms with Crippen molar-refractivity contribution in [1.29, 1.82) is 5.26 Å². The number of hydrogen-bond acceptors (Lipinski definition) is 9. The molecule has 6 rings (SSSR count). The summed E-state index contributed by atoms with van der Waals surface area (Å²) in [6.07, 6.45) is 1.67. The molecule has 0 bridgehead atoms. The van der Waals surface area contributed by atoms with Crippen molar-refractivity contribution in [2.24, 2.45) is 0 Å². The van der Waals surface area contributed by atoms with Crippen LogP contribution in [0.4, 0.5) is 11.5 Å². The average Bonchev–Trinajstić information content (AvgIpc) is 3.51. The van der Waals surface area contributed by atoms with Crippen LogP contribution in [0, 0.1) is 18.3 Å². The second-order valence-corrected chi connectivity index (χ2v) is 8.99. The number of aryl methyl sites for hydroxylation is 1. The number of aliphatic hydroxyl groups is 1. The Bertz CT molecular complexity index is 1660. The number of aromatic nitrogens is 7. The van der Waals surface area contributed by atoms with Crippen LogP contribution in [0.2, 0.25) is 0 Å². The quantitative estimate of drug-likeness (QED) is 0.337. The molecule has 0 aliphatic carbocycles. The molecule has 1 aromatic carbocycles. The van der Waals surface area contributed by atoms with E-state index in [2.05, 4.69) is 37.0 Å². The van der Waals surface area contributed by atoms with Crippen LogP contribution in [-0.2, 0) is 13.0 Å². The lowest BCUT2D eigenvalue weighted by Gasteiger charge is -2.18. The van der Waals surface area contributed by atoms with Gasteiger partial charge in [0.2, 0.25) is 0 Å². The lowest BCUT2D eigenvalue weighted by atomic mass is 10.1. The number of aliphatic hydroxyl groups excluding tert-OH is 1. The summed E-state index contributed by atoms with van der Waals surface area (Å²) in [5.74, 6) is 1.79. The number of nitrogens with zero attached hydrogens (tertiary/aromatic N) is 8. The Kier molecular flexibility index (Phi) is 5.60. The zero-order valence-corrected chi connectivity index (χ0v) is 20.3. The minimum Gasteiger partial charge on any atom is -0.389 e. The number of hydrogen-bond donors (Lipinski definition) is 3. The Hall–Kier alpha value is -4.66. The number of fused-ring (bicyclic) bond motifs is 2. The predicted molar refractivity (Wildman–Crippen MR) is 137 cm³/mol. The molecule has 0 amide bonds. The summed E-state index contributed by atoms with van der Waals surface area (Å²) in [6.45, 7) is 4.95. The zero-order chi connectivity index (χ0) is 25.5. The van der Waals surface area contributed by atoms with Gasteiger partial charge >= 0.3 is 0 Å². The van der Waals surface area contributed by atoms with Crippen LogP contribution in [0.3, 0.4) is 0 Å². The molecule has 1 unspecified atom stereocenters. The van der Waals surface area contributed by atoms with Gasteiger partial charge in [0, 0.05) is 36.3 Å². The maximum Gasteiger partial charge on any atom is 0.167 e. The van der Waals surface area contributed by atoms with Crippen molar-refractivity contribution < 1.29 is 5.11 Å². The molecule has 3 N–H and O–H groups in total. The first-order valence-corrected chi connectivity index (χ1v) is 12.0. The van der Waals surface area contributed by atoms with E-state index in [0.717, 1.165) is 40.2 Å². The van der Waals surface area contributed by atoms with Crippen LogP contribution in [-0.4, -0.2) is 46.2 Å². The highest BCUT2D eigenvalue weighted by atomic mass is 16.3. The van der Waals surface area contributed by atoms with Gasteiger partial charge in [-0.25, -0.2) is 14.6 Å². The average molecular weight is 493 g/mol. The van der Waals surface area contributed by atoms with Crippen LogP contribution < -0.4 is 10.6 Å². The van der Waals surface area contributed by atoms with Gasteiger partial charge in [0.05, 0.1) is 28.5 Å². The van der Waals surface area contributed by atoms with Gasteiger partial charge in [-0.2, -0.15) is 15.5 Å². The Labute approximate surface area is 212 Å². The van der Waals surface area contributed by atoms with Gasteiger partial charge < -0.3 is 15.7 Å². The predicted octanol–water partition coefficient (Wildman–Crippen LogP) is 3.02. The monoisotopic (exact) mass is 492 g/mol. The molecule has 5 aromatic rings. The fraction of sp³-hybridized carbons (Fsp3) is 0.231. The van der Waals surface area contributed by atoms with E-state index in [-0.39, 0.29) is 0 Å². The van der Waals surface area contributed by atoms with Gasteiger partial charge in [0.15, 0.2) is 17.3 Å². The largest absolute Gasteiger partial charge is 0.389 e. The summed E-state index contributed by atoms with van der Waals surface area (Å²) in [6, 6.07) is 15.5. The standard InChI is InChI=1S/C26H24N10O/c1-15-3-7-24(33-32-15)30-17-4-6-23-20(11-17)29-14-35(23)25-8-5-18(16(2)37)26(31-25)36-22-9-10-28-13-19(22)21(12-27)34-36/h3-8,11,14,16,28,37H,9-10,13H2,1-2H3,(H,30,33). The molecular weight excluding hydrogens is 468 g/mol. The lowest BCUT2D eigenvalue weighted by Crippen LogP contribution is -2.25. The van der Waals surface area contributed by atoms with Crippen molar-refractivity contribution in [3.8, 4) is 17.7 Å². The molecule has 0 fully saturated rings. The van der Waals surface area contributed by atoms with E-state index in [1.807, 2.05) is 54.0 Å². The van der Waals surface area contributed by atoms with E-state index >= 15 is 0 Å². The highest BCUT2D eigenvalue weighted by Gasteiger charge is 2.25. The first-order valence-electron chi connectivity index (χ1n) is 12.0. The highest BCUT2D eigenvalue weighted by molar-refractivity contribution is 5.82. The van der Waals surface area contributed by atoms with E-state index in [1.54, 1.807) is 17.9 Å². The van der Waals surface area contributed by atoms with Crippen molar-refractivity contribution >= 4 is 22.5 Å². The Morgan fingerprint density at radius 3 is 2.84 bits per heavy atom. The number of benzene rings is 1. The zero-order valence-electron chi connectivity index (χ0n) is 20.3. The minimum absolute atomic E-state index is 0.373. The molecule has 1 atom stereocenters. The summed E-state index contributed by atoms with van der Waals surface area (Å²) >= 11 is 0. The van der Waals surface area contributed by atoms with Crippen molar-refractivity contribution in [3.63, 3.8) is 0 Å². The third-order valence-electron chi connectivity index (χ3n) is 6.44. The second-order valence-electron chi connectivity index (χ2n) is 8.99. The van der Waals surface area contributed by atoms with Gasteiger partial charge in [-0.05, 0) is 56.3 Å². The van der Waals surface area contributed by atoms with E-state index in [9.17, 15) is 10.4 Å². The fourth-order valence-corrected chi connectivity index (χ4v) is 4.58. The summed E-state index contributed by atoms with van der Waals surface area (Å²) in [7, 11) is 0. The van der Waals surface area contributed by atoms with Crippen molar-refractivity contribution in [2.45, 2.75) is 32.9 Å². The molecule has 0 saturated heterocycles. The molecule has 0 spiro atoms.